The van der Waals surface area contributed by atoms with Crippen LogP contribution in [0.1, 0.15) is 35.9 Å². The molecule has 0 aromatic carbocycles. The zero-order valence-corrected chi connectivity index (χ0v) is 14.4. The second-order valence-electron chi connectivity index (χ2n) is 5.65. The van der Waals surface area contributed by atoms with E-state index in [1.807, 2.05) is 19.1 Å². The summed E-state index contributed by atoms with van der Waals surface area (Å²) in [4.78, 5) is 16.6. The first kappa shape index (κ1) is 17.2. The van der Waals surface area contributed by atoms with Crippen LogP contribution < -0.4 is 10.6 Å². The highest BCUT2D eigenvalue weighted by Gasteiger charge is 2.16. The first-order valence-corrected chi connectivity index (χ1v) is 7.78. The lowest BCUT2D eigenvalue weighted by molar-refractivity contribution is 0.604. The lowest BCUT2D eigenvalue weighted by Crippen LogP contribution is -2.14. The van der Waals surface area contributed by atoms with Crippen molar-refractivity contribution in [3.05, 3.63) is 47.2 Å². The number of hydrogen-bond donors (Lipinski definition) is 3. The molecule has 0 aliphatic rings. The Balaban J connectivity index is 1.88. The van der Waals surface area contributed by atoms with Crippen LogP contribution in [0.3, 0.4) is 0 Å². The molecular weight excluding hydrogens is 337 g/mol. The smallest absolute Gasteiger partial charge is 0.183 e. The summed E-state index contributed by atoms with van der Waals surface area (Å²) >= 11 is 0. The largest absolute Gasteiger partial charge is 0.358 e. The first-order chi connectivity index (χ1) is 12.5. The molecule has 0 unspecified atom stereocenters. The van der Waals surface area contributed by atoms with E-state index >= 15 is 0 Å². The summed E-state index contributed by atoms with van der Waals surface area (Å²) in [6.07, 6.45) is 2.17. The van der Waals surface area contributed by atoms with Gasteiger partial charge in [0.1, 0.15) is 11.9 Å². The summed E-state index contributed by atoms with van der Waals surface area (Å²) < 4.78 is 13.0. The molecule has 0 fully saturated rings. The molecule has 3 heterocycles. The summed E-state index contributed by atoms with van der Waals surface area (Å²) in [7, 11) is 0. The van der Waals surface area contributed by atoms with Crippen LogP contribution in [0.5, 0.6) is 0 Å². The minimum atomic E-state index is -0.519. The summed E-state index contributed by atoms with van der Waals surface area (Å²) in [5.41, 5.74) is 1.59. The van der Waals surface area contributed by atoms with E-state index in [1.54, 1.807) is 13.8 Å². The van der Waals surface area contributed by atoms with Gasteiger partial charge in [0, 0.05) is 11.8 Å². The van der Waals surface area contributed by atoms with Crippen molar-refractivity contribution in [2.45, 2.75) is 26.8 Å². The number of nitrogens with one attached hydrogen (secondary N) is 3. The van der Waals surface area contributed by atoms with Gasteiger partial charge in [0.05, 0.1) is 24.1 Å². The summed E-state index contributed by atoms with van der Waals surface area (Å²) in [5, 5.41) is 22.4. The first-order valence-electron chi connectivity index (χ1n) is 7.78. The van der Waals surface area contributed by atoms with Gasteiger partial charge in [0.15, 0.2) is 29.0 Å². The zero-order chi connectivity index (χ0) is 18.7. The molecule has 0 saturated carbocycles. The number of nitriles is 1. The quantitative estimate of drug-likeness (QED) is 0.638. The van der Waals surface area contributed by atoms with Gasteiger partial charge < -0.3 is 10.6 Å². The number of rotatable bonds is 5. The molecule has 1 atom stereocenters. The molecule has 0 bridgehead atoms. The molecule has 3 rings (SSSR count). The topological polar surface area (TPSA) is 128 Å². The second-order valence-corrected chi connectivity index (χ2v) is 5.65. The highest BCUT2D eigenvalue weighted by atomic mass is 19.1. The molecule has 0 aliphatic carbocycles. The Morgan fingerprint density at radius 3 is 2.54 bits per heavy atom. The van der Waals surface area contributed by atoms with E-state index in [9.17, 15) is 9.65 Å². The number of halogens is 1. The highest BCUT2D eigenvalue weighted by Crippen LogP contribution is 2.23. The van der Waals surface area contributed by atoms with Crippen LogP contribution in [0.15, 0.2) is 18.5 Å². The van der Waals surface area contributed by atoms with E-state index in [4.69, 9.17) is 0 Å². The van der Waals surface area contributed by atoms with E-state index < -0.39 is 11.9 Å². The molecule has 0 radical (unpaired) electrons. The molecule has 0 aliphatic heterocycles. The number of aromatic amines is 1. The third kappa shape index (κ3) is 3.72. The van der Waals surface area contributed by atoms with E-state index in [-0.39, 0.29) is 11.5 Å². The lowest BCUT2D eigenvalue weighted by Gasteiger charge is -2.15. The molecule has 9 nitrogen and oxygen atoms in total. The van der Waals surface area contributed by atoms with Gasteiger partial charge in [-0.05, 0) is 20.8 Å². The van der Waals surface area contributed by atoms with Crippen molar-refractivity contribution in [3.8, 4) is 6.07 Å². The maximum absolute atomic E-state index is 13.0. The highest BCUT2D eigenvalue weighted by molar-refractivity contribution is 5.60. The van der Waals surface area contributed by atoms with E-state index in [0.717, 1.165) is 18.1 Å². The van der Waals surface area contributed by atoms with Crippen molar-refractivity contribution < 1.29 is 4.39 Å². The van der Waals surface area contributed by atoms with Crippen molar-refractivity contribution in [2.24, 2.45) is 0 Å². The number of nitrogens with zero attached hydrogens (tertiary/aromatic N) is 6. The third-order valence-corrected chi connectivity index (χ3v) is 3.51. The number of hydrogen-bond acceptors (Lipinski definition) is 8. The van der Waals surface area contributed by atoms with Crippen LogP contribution in [0.25, 0.3) is 0 Å². The van der Waals surface area contributed by atoms with Gasteiger partial charge in [-0.15, -0.1) is 0 Å². The van der Waals surface area contributed by atoms with Crippen molar-refractivity contribution in [1.82, 2.24) is 30.1 Å². The van der Waals surface area contributed by atoms with Crippen LogP contribution in [0.4, 0.5) is 21.8 Å². The molecule has 132 valence electrons. The summed E-state index contributed by atoms with van der Waals surface area (Å²) in [5.74, 6) is 1.17. The van der Waals surface area contributed by atoms with Crippen LogP contribution in [0.2, 0.25) is 0 Å². The predicted octanol–water partition coefficient (Wildman–Crippen LogP) is 2.53. The van der Waals surface area contributed by atoms with Crippen molar-refractivity contribution >= 4 is 17.5 Å². The van der Waals surface area contributed by atoms with E-state index in [1.165, 1.54) is 0 Å². The zero-order valence-electron chi connectivity index (χ0n) is 14.4. The number of H-pyrrole nitrogens is 1. The Morgan fingerprint density at radius 1 is 1.19 bits per heavy atom. The molecule has 26 heavy (non-hydrogen) atoms. The van der Waals surface area contributed by atoms with Gasteiger partial charge in [-0.2, -0.15) is 10.4 Å². The SMILES string of the molecule is Cc1cc(Nc2nc(N[C@H](C)c3ncc(F)cn3)c(C#N)nc2C)n[nH]1. The Kier molecular flexibility index (Phi) is 4.70. The second kappa shape index (κ2) is 7.10. The predicted molar refractivity (Wildman–Crippen MR) is 92.1 cm³/mol. The van der Waals surface area contributed by atoms with Crippen LogP contribution >= 0.6 is 0 Å². The standard InChI is InChI=1S/C16H16FN9/c1-8-4-13(26-25-8)23-15-10(3)21-12(5-18)16(24-15)22-9(2)14-19-6-11(17)7-20-14/h4,6-7,9H,1-3H3,(H3,22,23,24,25,26)/t9-/m1/s1. The molecule has 0 saturated heterocycles. The number of aryl methyl sites for hydroxylation is 2. The van der Waals surface area contributed by atoms with Crippen molar-refractivity contribution in [2.75, 3.05) is 10.6 Å². The Labute approximate surface area is 148 Å². The molecule has 0 spiro atoms. The van der Waals surface area contributed by atoms with E-state index in [0.29, 0.717) is 23.2 Å². The molecule has 3 aromatic rings. The molecule has 3 N–H and O–H groups in total. The van der Waals surface area contributed by atoms with E-state index in [2.05, 4.69) is 40.8 Å². The normalized spacial score (nSPS) is 11.7. The molecular formula is C16H16FN9. The third-order valence-electron chi connectivity index (χ3n) is 3.51. The van der Waals surface area contributed by atoms with Crippen LogP contribution in [-0.2, 0) is 0 Å². The van der Waals surface area contributed by atoms with Crippen LogP contribution in [0, 0.1) is 31.0 Å². The average molecular weight is 353 g/mol. The van der Waals surface area contributed by atoms with Gasteiger partial charge >= 0.3 is 0 Å². The Morgan fingerprint density at radius 2 is 1.92 bits per heavy atom. The average Bonchev–Trinajstić information content (AvgIpc) is 3.03. The lowest BCUT2D eigenvalue weighted by atomic mass is 10.3. The van der Waals surface area contributed by atoms with Gasteiger partial charge in [-0.25, -0.2) is 24.3 Å². The van der Waals surface area contributed by atoms with Gasteiger partial charge in [0.25, 0.3) is 0 Å². The number of anilines is 3. The summed E-state index contributed by atoms with van der Waals surface area (Å²) in [6.45, 7) is 5.40. The summed E-state index contributed by atoms with van der Waals surface area (Å²) in [6, 6.07) is 3.43. The van der Waals surface area contributed by atoms with Crippen LogP contribution in [-0.4, -0.2) is 30.1 Å². The fourth-order valence-corrected chi connectivity index (χ4v) is 2.24. The van der Waals surface area contributed by atoms with Crippen molar-refractivity contribution in [1.29, 1.82) is 5.26 Å². The van der Waals surface area contributed by atoms with Gasteiger partial charge in [0.2, 0.25) is 0 Å². The Bertz CT molecular complexity index is 959. The van der Waals surface area contributed by atoms with Gasteiger partial charge in [-0.1, -0.05) is 0 Å². The minimum Gasteiger partial charge on any atom is -0.358 e. The maximum atomic E-state index is 13.0. The van der Waals surface area contributed by atoms with Crippen molar-refractivity contribution in [3.63, 3.8) is 0 Å². The minimum absolute atomic E-state index is 0.139. The number of aromatic nitrogens is 6. The molecule has 3 aromatic heterocycles. The fourth-order valence-electron chi connectivity index (χ4n) is 2.24. The monoisotopic (exact) mass is 353 g/mol. The Hall–Kier alpha value is -3.61. The van der Waals surface area contributed by atoms with Gasteiger partial charge in [-0.3, -0.25) is 5.10 Å². The molecule has 0 amide bonds. The molecule has 10 heteroatoms. The fraction of sp³-hybridized carbons (Fsp3) is 0.250. The maximum Gasteiger partial charge on any atom is 0.183 e.